The Morgan fingerprint density at radius 3 is 2.48 bits per heavy atom. The van der Waals surface area contributed by atoms with Gasteiger partial charge >= 0.3 is 5.97 Å². The Hall–Kier alpha value is -2.60. The molecule has 1 N–H and O–H groups in total. The van der Waals surface area contributed by atoms with Crippen molar-refractivity contribution in [1.82, 2.24) is 0 Å². The highest BCUT2D eigenvalue weighted by Gasteiger charge is 2.15. The number of anilines is 1. The highest BCUT2D eigenvalue weighted by Crippen LogP contribution is 2.23. The van der Waals surface area contributed by atoms with Crippen molar-refractivity contribution in [2.75, 3.05) is 11.8 Å². The topological polar surface area (TPSA) is 72.5 Å². The van der Waals surface area contributed by atoms with Crippen LogP contribution in [0.25, 0.3) is 6.08 Å². The number of methoxy groups -OCH3 is 1. The molecule has 120 valence electrons. The van der Waals surface area contributed by atoms with Crippen LogP contribution >= 0.6 is 0 Å². The van der Waals surface area contributed by atoms with Gasteiger partial charge in [-0.25, -0.2) is 13.2 Å². The van der Waals surface area contributed by atoms with Crippen LogP contribution in [0.15, 0.2) is 59.5 Å². The van der Waals surface area contributed by atoms with E-state index in [9.17, 15) is 13.2 Å². The van der Waals surface area contributed by atoms with E-state index in [4.69, 9.17) is 0 Å². The molecule has 0 saturated heterocycles. The maximum Gasteiger partial charge on any atom is 0.330 e. The monoisotopic (exact) mass is 331 g/mol. The molecule has 0 aromatic heterocycles. The number of esters is 1. The number of hydrogen-bond donors (Lipinski definition) is 1. The molecule has 0 unspecified atom stereocenters. The molecular formula is C17H17NO4S. The van der Waals surface area contributed by atoms with Crippen molar-refractivity contribution >= 4 is 27.8 Å². The van der Waals surface area contributed by atoms with Gasteiger partial charge in [-0.05, 0) is 42.3 Å². The maximum atomic E-state index is 12.4. The van der Waals surface area contributed by atoms with Gasteiger partial charge in [0, 0.05) is 6.08 Å². The van der Waals surface area contributed by atoms with E-state index in [2.05, 4.69) is 9.46 Å². The Kier molecular flexibility index (Phi) is 5.18. The third kappa shape index (κ3) is 4.43. The number of nitrogens with one attached hydrogen (secondary N) is 1. The summed E-state index contributed by atoms with van der Waals surface area (Å²) in [7, 11) is -2.42. The van der Waals surface area contributed by atoms with Gasteiger partial charge in [-0.2, -0.15) is 0 Å². The smallest absolute Gasteiger partial charge is 0.330 e. The molecule has 23 heavy (non-hydrogen) atoms. The molecule has 0 aliphatic carbocycles. The lowest BCUT2D eigenvalue weighted by atomic mass is 10.1. The molecule has 0 bridgehead atoms. The quantitative estimate of drug-likeness (QED) is 0.675. The molecular weight excluding hydrogens is 314 g/mol. The van der Waals surface area contributed by atoms with E-state index in [1.54, 1.807) is 30.3 Å². The molecule has 0 saturated carbocycles. The third-order valence-corrected chi connectivity index (χ3v) is 4.49. The molecule has 6 heteroatoms. The second kappa shape index (κ2) is 7.11. The van der Waals surface area contributed by atoms with Crippen LogP contribution in [0.3, 0.4) is 0 Å². The van der Waals surface area contributed by atoms with Gasteiger partial charge in [-0.3, -0.25) is 4.72 Å². The summed E-state index contributed by atoms with van der Waals surface area (Å²) in [5.74, 6) is -0.512. The Morgan fingerprint density at radius 1 is 1.13 bits per heavy atom. The average Bonchev–Trinajstić information content (AvgIpc) is 2.54. The molecule has 0 amide bonds. The van der Waals surface area contributed by atoms with Crippen molar-refractivity contribution in [3.05, 3.63) is 65.7 Å². The lowest BCUT2D eigenvalue weighted by Gasteiger charge is -2.11. The molecule has 5 nitrogen and oxygen atoms in total. The van der Waals surface area contributed by atoms with Crippen molar-refractivity contribution < 1.29 is 17.9 Å². The Morgan fingerprint density at radius 2 is 1.83 bits per heavy atom. The molecule has 0 radical (unpaired) electrons. The van der Waals surface area contributed by atoms with Crippen LogP contribution in [0.4, 0.5) is 5.69 Å². The highest BCUT2D eigenvalue weighted by molar-refractivity contribution is 7.92. The van der Waals surface area contributed by atoms with Gasteiger partial charge in [0.05, 0.1) is 17.7 Å². The fourth-order valence-corrected chi connectivity index (χ4v) is 3.03. The third-order valence-electron chi connectivity index (χ3n) is 3.11. The van der Waals surface area contributed by atoms with Crippen LogP contribution in [-0.4, -0.2) is 21.5 Å². The van der Waals surface area contributed by atoms with Crippen LogP contribution in [0.5, 0.6) is 0 Å². The van der Waals surface area contributed by atoms with Crippen LogP contribution in [0.1, 0.15) is 11.1 Å². The van der Waals surface area contributed by atoms with Crippen molar-refractivity contribution in [2.24, 2.45) is 0 Å². The van der Waals surface area contributed by atoms with Gasteiger partial charge in [0.25, 0.3) is 10.0 Å². The number of sulfonamides is 1. The molecule has 0 aliphatic heterocycles. The van der Waals surface area contributed by atoms with Crippen molar-refractivity contribution in [3.8, 4) is 0 Å². The zero-order valence-corrected chi connectivity index (χ0v) is 13.6. The number of benzene rings is 2. The van der Waals surface area contributed by atoms with Gasteiger partial charge in [0.1, 0.15) is 0 Å². The lowest BCUT2D eigenvalue weighted by molar-refractivity contribution is -0.134. The summed E-state index contributed by atoms with van der Waals surface area (Å²) in [6.07, 6.45) is 2.75. The zero-order valence-electron chi connectivity index (χ0n) is 12.8. The molecule has 0 heterocycles. The van der Waals surface area contributed by atoms with Crippen molar-refractivity contribution in [1.29, 1.82) is 0 Å². The minimum absolute atomic E-state index is 0.171. The summed E-state index contributed by atoms with van der Waals surface area (Å²) in [4.78, 5) is 11.4. The van der Waals surface area contributed by atoms with Crippen molar-refractivity contribution in [2.45, 2.75) is 11.8 Å². The zero-order chi connectivity index (χ0) is 16.9. The molecule has 0 atom stereocenters. The summed E-state index contributed by atoms with van der Waals surface area (Å²) in [6.45, 7) is 1.86. The van der Waals surface area contributed by atoms with E-state index in [0.717, 1.165) is 5.56 Å². The number of ether oxygens (including phenoxy) is 1. The molecule has 0 aliphatic rings. The SMILES string of the molecule is COC(=O)/C=C/c1ccc(C)cc1NS(=O)(=O)c1ccccc1. The van der Waals surface area contributed by atoms with Gasteiger partial charge < -0.3 is 4.74 Å². The van der Waals surface area contributed by atoms with Gasteiger partial charge in [-0.1, -0.05) is 30.3 Å². The standard InChI is InChI=1S/C17H17NO4S/c1-13-8-9-14(10-11-17(19)22-2)16(12-13)18-23(20,21)15-6-4-3-5-7-15/h3-12,18H,1-2H3/b11-10+. The van der Waals surface area contributed by atoms with Gasteiger partial charge in [0.15, 0.2) is 0 Å². The number of aryl methyl sites for hydroxylation is 1. The van der Waals surface area contributed by atoms with Crippen LogP contribution in [0, 0.1) is 6.92 Å². The lowest BCUT2D eigenvalue weighted by Crippen LogP contribution is -2.13. The number of carbonyl (C=O) groups is 1. The first-order valence-electron chi connectivity index (χ1n) is 6.87. The van der Waals surface area contributed by atoms with Crippen LogP contribution < -0.4 is 4.72 Å². The van der Waals surface area contributed by atoms with E-state index < -0.39 is 16.0 Å². The Bertz CT molecular complexity index is 827. The van der Waals surface area contributed by atoms with E-state index in [-0.39, 0.29) is 4.90 Å². The number of rotatable bonds is 5. The Labute approximate surface area is 135 Å². The first kappa shape index (κ1) is 16.8. The minimum atomic E-state index is -3.70. The van der Waals surface area contributed by atoms with Crippen molar-refractivity contribution in [3.63, 3.8) is 0 Å². The Balaban J connectivity index is 2.37. The van der Waals surface area contributed by atoms with E-state index in [0.29, 0.717) is 11.3 Å². The summed E-state index contributed by atoms with van der Waals surface area (Å²) >= 11 is 0. The predicted octanol–water partition coefficient (Wildman–Crippen LogP) is 2.98. The average molecular weight is 331 g/mol. The highest BCUT2D eigenvalue weighted by atomic mass is 32.2. The van der Waals surface area contributed by atoms with Crippen LogP contribution in [0.2, 0.25) is 0 Å². The second-order valence-corrected chi connectivity index (χ2v) is 6.55. The molecule has 0 spiro atoms. The molecule has 2 aromatic rings. The summed E-state index contributed by atoms with van der Waals surface area (Å²) in [5, 5.41) is 0. The molecule has 2 aromatic carbocycles. The van der Waals surface area contributed by atoms with Gasteiger partial charge in [0.2, 0.25) is 0 Å². The minimum Gasteiger partial charge on any atom is -0.466 e. The first-order valence-corrected chi connectivity index (χ1v) is 8.35. The summed E-state index contributed by atoms with van der Waals surface area (Å²) in [6, 6.07) is 13.4. The van der Waals surface area contributed by atoms with Gasteiger partial charge in [-0.15, -0.1) is 0 Å². The summed E-state index contributed by atoms with van der Waals surface area (Å²) in [5.41, 5.74) is 1.86. The fraction of sp³-hybridized carbons (Fsp3) is 0.118. The van der Waals surface area contributed by atoms with Crippen LogP contribution in [-0.2, 0) is 19.6 Å². The second-order valence-electron chi connectivity index (χ2n) is 4.87. The van der Waals surface area contributed by atoms with E-state index in [1.165, 1.54) is 31.4 Å². The maximum absolute atomic E-state index is 12.4. The summed E-state index contributed by atoms with van der Waals surface area (Å²) < 4.78 is 32.0. The van der Waals surface area contributed by atoms with E-state index >= 15 is 0 Å². The number of hydrogen-bond acceptors (Lipinski definition) is 4. The molecule has 0 fully saturated rings. The largest absolute Gasteiger partial charge is 0.466 e. The fourth-order valence-electron chi connectivity index (χ4n) is 1.93. The molecule has 2 rings (SSSR count). The normalized spacial score (nSPS) is 11.4. The number of carbonyl (C=O) groups excluding carboxylic acids is 1. The predicted molar refractivity (Wildman–Crippen MR) is 89.5 cm³/mol. The van der Waals surface area contributed by atoms with E-state index in [1.807, 2.05) is 13.0 Å². The first-order chi connectivity index (χ1) is 10.9.